The Hall–Kier alpha value is -1.85. The number of pyridine rings is 1. The lowest BCUT2D eigenvalue weighted by molar-refractivity contribution is -0.00000478. The molecule has 0 amide bonds. The highest BCUT2D eigenvalue weighted by molar-refractivity contribution is 7.99. The molecule has 0 bridgehead atoms. The van der Waals surface area contributed by atoms with Crippen LogP contribution in [0.3, 0.4) is 0 Å². The maximum atomic E-state index is 13.1. The molecule has 0 saturated heterocycles. The average Bonchev–Trinajstić information content (AvgIpc) is 3.09. The number of benzene rings is 1. The predicted molar refractivity (Wildman–Crippen MR) is 81.6 cm³/mol. The molecule has 0 N–H and O–H groups in total. The molecule has 3 nitrogen and oxygen atoms in total. The molecular weight excluding hydrogens is 321 g/mol. The minimum atomic E-state index is -0.231. The van der Waals surface area contributed by atoms with Gasteiger partial charge in [-0.25, -0.2) is 9.37 Å². The smallest absolute Gasteiger partial charge is 0.169 e. The Morgan fingerprint density at radius 2 is 1.73 bits per heavy atom. The van der Waals surface area contributed by atoms with Crippen LogP contribution in [0.5, 0.6) is 0 Å². The molecule has 0 fully saturated rings. The van der Waals surface area contributed by atoms with Crippen LogP contribution in [0.15, 0.2) is 53.9 Å². The lowest BCUT2D eigenvalue weighted by Crippen LogP contribution is -3.00. The summed E-state index contributed by atoms with van der Waals surface area (Å²) in [5.41, 5.74) is 4.02. The van der Waals surface area contributed by atoms with Gasteiger partial charge >= 0.3 is 0 Å². The molecule has 1 aliphatic heterocycles. The van der Waals surface area contributed by atoms with E-state index in [4.69, 9.17) is 4.98 Å². The number of hydrogen-bond donors (Lipinski definition) is 0. The maximum absolute atomic E-state index is 13.1. The van der Waals surface area contributed by atoms with Crippen LogP contribution in [-0.4, -0.2) is 20.3 Å². The van der Waals surface area contributed by atoms with Crippen LogP contribution in [0, 0.1) is 5.82 Å². The van der Waals surface area contributed by atoms with Crippen LogP contribution < -0.4 is 12.4 Å². The van der Waals surface area contributed by atoms with E-state index in [9.17, 15) is 4.39 Å². The van der Waals surface area contributed by atoms with Crippen molar-refractivity contribution >= 4 is 11.8 Å². The summed E-state index contributed by atoms with van der Waals surface area (Å²) >= 11 is 1.76. The minimum absolute atomic E-state index is 0. The number of fused-ring (bicyclic) bond motifs is 1. The third kappa shape index (κ3) is 2.51. The number of rotatable bonds is 2. The second kappa shape index (κ2) is 6.10. The van der Waals surface area contributed by atoms with E-state index in [1.165, 1.54) is 12.1 Å². The lowest BCUT2D eigenvalue weighted by Gasteiger charge is -2.07. The van der Waals surface area contributed by atoms with Crippen molar-refractivity contribution in [2.24, 2.45) is 0 Å². The summed E-state index contributed by atoms with van der Waals surface area (Å²) in [5.74, 6) is 0.815. The van der Waals surface area contributed by atoms with E-state index in [-0.39, 0.29) is 18.2 Å². The van der Waals surface area contributed by atoms with Crippen molar-refractivity contribution in [3.05, 3.63) is 54.6 Å². The Kier molecular flexibility index (Phi) is 4.18. The summed E-state index contributed by atoms with van der Waals surface area (Å²) in [6.45, 7) is 0.950. The number of imidazole rings is 1. The fraction of sp³-hybridized carbons (Fsp3) is 0.125. The Bertz CT molecular complexity index is 787. The molecule has 1 aromatic carbocycles. The summed E-state index contributed by atoms with van der Waals surface area (Å²) < 4.78 is 15.4. The van der Waals surface area contributed by atoms with Gasteiger partial charge in [-0.15, -0.1) is 0 Å². The summed E-state index contributed by atoms with van der Waals surface area (Å²) in [4.78, 5) is 8.83. The van der Waals surface area contributed by atoms with Gasteiger partial charge < -0.3 is 17.0 Å². The molecule has 4 rings (SSSR count). The first-order valence-electron chi connectivity index (χ1n) is 6.72. The quantitative estimate of drug-likeness (QED) is 0.697. The molecule has 1 aliphatic rings. The highest BCUT2D eigenvalue weighted by atomic mass is 35.5. The summed E-state index contributed by atoms with van der Waals surface area (Å²) in [6.07, 6.45) is 3.57. The summed E-state index contributed by atoms with van der Waals surface area (Å²) in [6, 6.07) is 10.5. The third-order valence-electron chi connectivity index (χ3n) is 3.55. The average molecular weight is 333 g/mol. The Morgan fingerprint density at radius 1 is 1.00 bits per heavy atom. The van der Waals surface area contributed by atoms with Crippen molar-refractivity contribution in [3.63, 3.8) is 0 Å². The van der Waals surface area contributed by atoms with Gasteiger partial charge in [0.25, 0.3) is 0 Å². The van der Waals surface area contributed by atoms with Gasteiger partial charge in [0.05, 0.1) is 11.4 Å². The predicted octanol–water partition coefficient (Wildman–Crippen LogP) is 0.861. The zero-order valence-corrected chi connectivity index (χ0v) is 13.1. The molecule has 0 atom stereocenters. The van der Waals surface area contributed by atoms with Crippen molar-refractivity contribution in [2.45, 2.75) is 11.7 Å². The number of halogens is 2. The normalized spacial score (nSPS) is 12.8. The molecule has 0 unspecified atom stereocenters. The SMILES string of the molecule is Fc1ccc(-c2nc3n(c2-c2ccncc2)CCS3)cc1.[Cl-]. The number of hydrogen-bond acceptors (Lipinski definition) is 3. The number of thioether (sulfide) groups is 1. The molecule has 0 aliphatic carbocycles. The van der Waals surface area contributed by atoms with Gasteiger partial charge in [0, 0.05) is 35.8 Å². The van der Waals surface area contributed by atoms with Crippen molar-refractivity contribution < 1.29 is 16.8 Å². The molecule has 0 saturated carbocycles. The first kappa shape index (κ1) is 15.1. The third-order valence-corrected chi connectivity index (χ3v) is 4.51. The molecule has 3 aromatic rings. The second-order valence-electron chi connectivity index (χ2n) is 4.83. The summed E-state index contributed by atoms with van der Waals surface area (Å²) in [7, 11) is 0. The minimum Gasteiger partial charge on any atom is -1.00 e. The number of aromatic nitrogens is 3. The van der Waals surface area contributed by atoms with Crippen LogP contribution in [-0.2, 0) is 6.54 Å². The fourth-order valence-corrected chi connectivity index (χ4v) is 3.54. The Balaban J connectivity index is 0.00000144. The topological polar surface area (TPSA) is 30.7 Å². The Labute approximate surface area is 138 Å². The highest BCUT2D eigenvalue weighted by Crippen LogP contribution is 2.38. The fourth-order valence-electron chi connectivity index (χ4n) is 2.59. The van der Waals surface area contributed by atoms with Gasteiger partial charge in [0.2, 0.25) is 0 Å². The standard InChI is InChI=1S/C16H12FN3S.ClH/c17-13-3-1-11(2-4-13)14-15(12-5-7-18-8-6-12)20-9-10-21-16(20)19-14;/h1-8H,9-10H2;1H/p-1. The van der Waals surface area contributed by atoms with Crippen LogP contribution in [0.4, 0.5) is 4.39 Å². The van der Waals surface area contributed by atoms with E-state index in [0.717, 1.165) is 40.0 Å². The van der Waals surface area contributed by atoms with Crippen molar-refractivity contribution in [1.82, 2.24) is 14.5 Å². The van der Waals surface area contributed by atoms with E-state index in [0.29, 0.717) is 0 Å². The number of nitrogens with zero attached hydrogens (tertiary/aromatic N) is 3. The molecule has 6 heteroatoms. The summed E-state index contributed by atoms with van der Waals surface area (Å²) in [5, 5.41) is 1.03. The second-order valence-corrected chi connectivity index (χ2v) is 5.90. The Morgan fingerprint density at radius 3 is 2.45 bits per heavy atom. The largest absolute Gasteiger partial charge is 1.00 e. The lowest BCUT2D eigenvalue weighted by atomic mass is 10.1. The van der Waals surface area contributed by atoms with E-state index in [2.05, 4.69) is 9.55 Å². The zero-order valence-electron chi connectivity index (χ0n) is 11.5. The molecule has 0 spiro atoms. The van der Waals surface area contributed by atoms with Gasteiger partial charge in [-0.1, -0.05) is 11.8 Å². The van der Waals surface area contributed by atoms with Crippen molar-refractivity contribution in [2.75, 3.05) is 5.75 Å². The molecule has 3 heterocycles. The van der Waals surface area contributed by atoms with Crippen LogP contribution >= 0.6 is 11.8 Å². The van der Waals surface area contributed by atoms with E-state index < -0.39 is 0 Å². The van der Waals surface area contributed by atoms with Crippen molar-refractivity contribution in [1.29, 1.82) is 0 Å². The maximum Gasteiger partial charge on any atom is 0.169 e. The van der Waals surface area contributed by atoms with Gasteiger partial charge in [-0.3, -0.25) is 4.98 Å². The van der Waals surface area contributed by atoms with Crippen LogP contribution in [0.2, 0.25) is 0 Å². The van der Waals surface area contributed by atoms with E-state index in [1.807, 2.05) is 12.1 Å². The highest BCUT2D eigenvalue weighted by Gasteiger charge is 2.23. The molecule has 112 valence electrons. The molecular formula is C16H12ClFN3S-. The van der Waals surface area contributed by atoms with Crippen molar-refractivity contribution in [3.8, 4) is 22.5 Å². The van der Waals surface area contributed by atoms with Crippen LogP contribution in [0.25, 0.3) is 22.5 Å². The van der Waals surface area contributed by atoms with Gasteiger partial charge in [-0.2, -0.15) is 0 Å². The first-order valence-corrected chi connectivity index (χ1v) is 7.71. The van der Waals surface area contributed by atoms with Gasteiger partial charge in [-0.05, 0) is 36.4 Å². The van der Waals surface area contributed by atoms with Gasteiger partial charge in [0.15, 0.2) is 5.16 Å². The monoisotopic (exact) mass is 332 g/mol. The first-order chi connectivity index (χ1) is 10.3. The van der Waals surface area contributed by atoms with Gasteiger partial charge in [0.1, 0.15) is 5.82 Å². The molecule has 0 radical (unpaired) electrons. The molecule has 22 heavy (non-hydrogen) atoms. The van der Waals surface area contributed by atoms with E-state index in [1.54, 1.807) is 36.3 Å². The molecule has 2 aromatic heterocycles. The van der Waals surface area contributed by atoms with E-state index >= 15 is 0 Å². The zero-order chi connectivity index (χ0) is 14.2. The van der Waals surface area contributed by atoms with Crippen LogP contribution in [0.1, 0.15) is 0 Å².